The fourth-order valence-electron chi connectivity index (χ4n) is 1.49. The number of hydrogen-bond acceptors (Lipinski definition) is 4. The van der Waals surface area contributed by atoms with Crippen LogP contribution in [0.5, 0.6) is 5.75 Å². The predicted molar refractivity (Wildman–Crippen MR) is 72.8 cm³/mol. The van der Waals surface area contributed by atoms with Gasteiger partial charge in [0.2, 0.25) is 4.77 Å². The van der Waals surface area contributed by atoms with Crippen LogP contribution in [0.4, 0.5) is 0 Å². The molecule has 1 aromatic heterocycles. The summed E-state index contributed by atoms with van der Waals surface area (Å²) < 4.78 is 7.22. The van der Waals surface area contributed by atoms with Crippen molar-refractivity contribution in [3.05, 3.63) is 40.4 Å². The topological polar surface area (TPSA) is 55.2 Å². The van der Waals surface area contributed by atoms with Gasteiger partial charge in [0.1, 0.15) is 5.75 Å². The number of nitrogens with one attached hydrogen (secondary N) is 1. The van der Waals surface area contributed by atoms with Gasteiger partial charge < -0.3 is 4.74 Å². The van der Waals surface area contributed by atoms with Gasteiger partial charge in [0, 0.05) is 6.42 Å². The van der Waals surface area contributed by atoms with E-state index in [-0.39, 0.29) is 0 Å². The van der Waals surface area contributed by atoms with Crippen molar-refractivity contribution >= 4 is 18.4 Å². The van der Waals surface area contributed by atoms with E-state index in [1.807, 2.05) is 31.2 Å². The van der Waals surface area contributed by atoms with E-state index >= 15 is 0 Å². The van der Waals surface area contributed by atoms with Crippen LogP contribution in [0.25, 0.3) is 0 Å². The molecule has 0 saturated heterocycles. The van der Waals surface area contributed by atoms with E-state index in [9.17, 15) is 0 Å². The van der Waals surface area contributed by atoms with Crippen molar-refractivity contribution in [3.8, 4) is 5.75 Å². The first-order valence-corrected chi connectivity index (χ1v) is 6.00. The molecule has 0 spiro atoms. The molecule has 0 unspecified atom stereocenters. The van der Waals surface area contributed by atoms with Crippen molar-refractivity contribution in [2.45, 2.75) is 13.3 Å². The average molecular weight is 262 g/mol. The van der Waals surface area contributed by atoms with Crippen molar-refractivity contribution in [3.63, 3.8) is 0 Å². The molecule has 5 nitrogen and oxygen atoms in total. The lowest BCUT2D eigenvalue weighted by atomic mass is 10.2. The normalized spacial score (nSPS) is 11.0. The van der Waals surface area contributed by atoms with E-state index in [2.05, 4.69) is 15.3 Å². The number of ether oxygens (including phenoxy) is 1. The van der Waals surface area contributed by atoms with Crippen LogP contribution in [0.2, 0.25) is 0 Å². The molecule has 0 aliphatic heterocycles. The average Bonchev–Trinajstić information content (AvgIpc) is 2.77. The van der Waals surface area contributed by atoms with Crippen LogP contribution < -0.4 is 4.74 Å². The largest absolute Gasteiger partial charge is 0.497 e. The van der Waals surface area contributed by atoms with Crippen LogP contribution in [-0.2, 0) is 6.42 Å². The monoisotopic (exact) mass is 262 g/mol. The summed E-state index contributed by atoms with van der Waals surface area (Å²) in [4.78, 5) is 0. The molecule has 18 heavy (non-hydrogen) atoms. The number of hydrogen-bond donors (Lipinski definition) is 1. The van der Waals surface area contributed by atoms with Crippen molar-refractivity contribution in [1.29, 1.82) is 0 Å². The summed E-state index contributed by atoms with van der Waals surface area (Å²) in [7, 11) is 1.64. The Hall–Kier alpha value is -1.95. The van der Waals surface area contributed by atoms with Crippen molar-refractivity contribution in [1.82, 2.24) is 14.9 Å². The Balaban J connectivity index is 2.24. The van der Waals surface area contributed by atoms with Gasteiger partial charge in [-0.15, -0.1) is 0 Å². The highest BCUT2D eigenvalue weighted by atomic mass is 32.1. The van der Waals surface area contributed by atoms with Crippen LogP contribution in [0.1, 0.15) is 18.3 Å². The second kappa shape index (κ2) is 5.59. The smallest absolute Gasteiger partial charge is 0.216 e. The number of rotatable bonds is 4. The van der Waals surface area contributed by atoms with E-state index in [4.69, 9.17) is 17.0 Å². The van der Waals surface area contributed by atoms with Crippen LogP contribution >= 0.6 is 12.2 Å². The maximum absolute atomic E-state index is 5.11. The first-order valence-electron chi connectivity index (χ1n) is 5.59. The van der Waals surface area contributed by atoms with Crippen LogP contribution in [0.3, 0.4) is 0 Å². The van der Waals surface area contributed by atoms with E-state index in [0.717, 1.165) is 23.6 Å². The molecule has 0 bridgehead atoms. The third-order valence-electron chi connectivity index (χ3n) is 2.47. The summed E-state index contributed by atoms with van der Waals surface area (Å²) in [5.74, 6) is 1.63. The number of methoxy groups -OCH3 is 1. The summed E-state index contributed by atoms with van der Waals surface area (Å²) in [6.45, 7) is 2.00. The predicted octanol–water partition coefficient (Wildman–Crippen LogP) is 2.39. The summed E-state index contributed by atoms with van der Waals surface area (Å²) in [6.07, 6.45) is 2.51. The molecule has 2 aromatic rings. The summed E-state index contributed by atoms with van der Waals surface area (Å²) >= 11 is 5.11. The van der Waals surface area contributed by atoms with Gasteiger partial charge in [-0.2, -0.15) is 14.9 Å². The van der Waals surface area contributed by atoms with E-state index in [1.165, 1.54) is 0 Å². The third-order valence-corrected chi connectivity index (χ3v) is 2.74. The van der Waals surface area contributed by atoms with Crippen LogP contribution in [0.15, 0.2) is 29.4 Å². The molecule has 0 radical (unpaired) electrons. The highest BCUT2D eigenvalue weighted by Crippen LogP contribution is 2.10. The maximum atomic E-state index is 5.11. The minimum Gasteiger partial charge on any atom is -0.497 e. The summed E-state index contributed by atoms with van der Waals surface area (Å²) in [6, 6.07) is 7.63. The quantitative estimate of drug-likeness (QED) is 0.680. The van der Waals surface area contributed by atoms with Crippen LogP contribution in [-0.4, -0.2) is 28.2 Å². The molecule has 94 valence electrons. The lowest BCUT2D eigenvalue weighted by molar-refractivity contribution is 0.415. The van der Waals surface area contributed by atoms with Gasteiger partial charge >= 0.3 is 0 Å². The minimum atomic E-state index is 0.497. The molecule has 0 aliphatic rings. The molecular weight excluding hydrogens is 248 g/mol. The van der Waals surface area contributed by atoms with Gasteiger partial charge in [-0.05, 0) is 42.0 Å². The molecule has 0 fully saturated rings. The fraction of sp³-hybridized carbons (Fsp3) is 0.250. The molecular formula is C12H14N4OS. The van der Waals surface area contributed by atoms with Crippen LogP contribution in [0, 0.1) is 4.77 Å². The molecule has 1 heterocycles. The van der Waals surface area contributed by atoms with Gasteiger partial charge in [-0.25, -0.2) is 0 Å². The lowest BCUT2D eigenvalue weighted by Crippen LogP contribution is -1.97. The fourth-order valence-corrected chi connectivity index (χ4v) is 1.68. The highest BCUT2D eigenvalue weighted by molar-refractivity contribution is 7.71. The first-order chi connectivity index (χ1) is 8.74. The molecule has 1 N–H and O–H groups in total. The molecule has 2 rings (SSSR count). The molecule has 0 amide bonds. The Kier molecular flexibility index (Phi) is 3.88. The number of benzene rings is 1. The van der Waals surface area contributed by atoms with Crippen molar-refractivity contribution in [2.24, 2.45) is 5.10 Å². The number of aromatic amines is 1. The van der Waals surface area contributed by atoms with E-state index < -0.39 is 0 Å². The second-order valence-electron chi connectivity index (χ2n) is 3.63. The lowest BCUT2D eigenvalue weighted by Gasteiger charge is -1.99. The molecule has 0 aliphatic carbocycles. The standard InChI is InChI=1S/C12H14N4OS/c1-3-11-14-15-12(18)16(11)13-8-9-4-6-10(17-2)7-5-9/h4-8H,3H2,1-2H3,(H,15,18)/b13-8-. The van der Waals surface area contributed by atoms with Gasteiger partial charge in [-0.1, -0.05) is 6.92 Å². The summed E-state index contributed by atoms with van der Waals surface area (Å²) in [5.41, 5.74) is 0.973. The Morgan fingerprint density at radius 3 is 2.78 bits per heavy atom. The Bertz CT molecular complexity index is 597. The zero-order chi connectivity index (χ0) is 13.0. The number of nitrogens with zero attached hydrogens (tertiary/aromatic N) is 3. The SMILES string of the molecule is CCc1n[nH]c(=S)n1/N=C\c1ccc(OC)cc1. The van der Waals surface area contributed by atoms with Gasteiger partial charge in [0.25, 0.3) is 0 Å². The number of H-pyrrole nitrogens is 1. The Morgan fingerprint density at radius 1 is 1.44 bits per heavy atom. The number of aromatic nitrogens is 3. The second-order valence-corrected chi connectivity index (χ2v) is 4.01. The zero-order valence-electron chi connectivity index (χ0n) is 10.3. The molecule has 0 saturated carbocycles. The third kappa shape index (κ3) is 2.65. The van der Waals surface area contributed by atoms with Crippen molar-refractivity contribution in [2.75, 3.05) is 7.11 Å². The zero-order valence-corrected chi connectivity index (χ0v) is 11.1. The van der Waals surface area contributed by atoms with E-state index in [1.54, 1.807) is 18.0 Å². The van der Waals surface area contributed by atoms with Gasteiger partial charge in [0.15, 0.2) is 5.82 Å². The number of aryl methyl sites for hydroxylation is 1. The minimum absolute atomic E-state index is 0.497. The maximum Gasteiger partial charge on any atom is 0.216 e. The molecule has 6 heteroatoms. The Morgan fingerprint density at radius 2 is 2.17 bits per heavy atom. The van der Waals surface area contributed by atoms with E-state index in [0.29, 0.717) is 4.77 Å². The summed E-state index contributed by atoms with van der Waals surface area (Å²) in [5, 5.41) is 11.1. The molecule has 1 aromatic carbocycles. The van der Waals surface area contributed by atoms with Gasteiger partial charge in [0.05, 0.1) is 13.3 Å². The van der Waals surface area contributed by atoms with Crippen molar-refractivity contribution < 1.29 is 4.74 Å². The highest BCUT2D eigenvalue weighted by Gasteiger charge is 2.00. The van der Waals surface area contributed by atoms with Gasteiger partial charge in [-0.3, -0.25) is 5.10 Å². The Labute approximate surface area is 110 Å². The molecule has 0 atom stereocenters. The first kappa shape index (κ1) is 12.5.